The van der Waals surface area contributed by atoms with Gasteiger partial charge < -0.3 is 19.5 Å². The Bertz CT molecular complexity index is 1380. The van der Waals surface area contributed by atoms with Gasteiger partial charge >= 0.3 is 0 Å². The highest BCUT2D eigenvalue weighted by Crippen LogP contribution is 2.44. The number of hydrogen-bond acceptors (Lipinski definition) is 3. The number of aryl methyl sites for hydroxylation is 1. The van der Waals surface area contributed by atoms with Crippen molar-refractivity contribution in [2.75, 3.05) is 4.90 Å². The van der Waals surface area contributed by atoms with Crippen LogP contribution in [0.3, 0.4) is 0 Å². The van der Waals surface area contributed by atoms with E-state index in [9.17, 15) is 0 Å². The maximum Gasteiger partial charge on any atom is 0.174 e. The molecule has 2 aromatic heterocycles. The maximum absolute atomic E-state index is 5.92. The Hall–Kier alpha value is -3.16. The predicted molar refractivity (Wildman–Crippen MR) is 153 cm³/mol. The third-order valence-electron chi connectivity index (χ3n) is 6.47. The van der Waals surface area contributed by atoms with Crippen molar-refractivity contribution in [3.05, 3.63) is 106 Å². The first-order valence-corrected chi connectivity index (χ1v) is 13.3. The maximum atomic E-state index is 5.92. The van der Waals surface area contributed by atoms with E-state index in [1.54, 1.807) is 0 Å². The van der Waals surface area contributed by atoms with Gasteiger partial charge in [0.2, 0.25) is 0 Å². The molecule has 2 unspecified atom stereocenters. The number of ether oxygens (including phenoxy) is 1. The highest BCUT2D eigenvalue weighted by Gasteiger charge is 2.42. The van der Waals surface area contributed by atoms with Crippen LogP contribution in [0.2, 0.25) is 0 Å². The number of anilines is 1. The van der Waals surface area contributed by atoms with Crippen molar-refractivity contribution in [2.45, 2.75) is 45.9 Å². The van der Waals surface area contributed by atoms with Gasteiger partial charge in [-0.2, -0.15) is 0 Å². The monoisotopic (exact) mass is 560 g/mol. The zero-order valence-corrected chi connectivity index (χ0v) is 23.2. The zero-order chi connectivity index (χ0) is 25.4. The van der Waals surface area contributed by atoms with Crippen LogP contribution in [0.5, 0.6) is 5.75 Å². The van der Waals surface area contributed by atoms with Gasteiger partial charge in [0.15, 0.2) is 5.11 Å². The number of nitrogens with zero attached hydrogens (tertiary/aromatic N) is 3. The lowest BCUT2D eigenvalue weighted by atomic mass is 9.96. The van der Waals surface area contributed by atoms with Crippen molar-refractivity contribution in [2.24, 2.45) is 0 Å². The summed E-state index contributed by atoms with van der Waals surface area (Å²) in [6.07, 6.45) is 1.96. The van der Waals surface area contributed by atoms with Crippen molar-refractivity contribution in [1.29, 1.82) is 0 Å². The molecular formula is C29H29BrN4OS. The molecule has 7 heteroatoms. The molecule has 0 amide bonds. The molecule has 1 saturated heterocycles. The molecule has 2 atom stereocenters. The highest BCUT2D eigenvalue weighted by molar-refractivity contribution is 9.10. The summed E-state index contributed by atoms with van der Waals surface area (Å²) in [6, 6.07) is 24.6. The lowest BCUT2D eigenvalue weighted by Gasteiger charge is -2.28. The van der Waals surface area contributed by atoms with Crippen LogP contribution in [0.1, 0.15) is 48.6 Å². The number of benzene rings is 2. The van der Waals surface area contributed by atoms with E-state index >= 15 is 0 Å². The molecule has 0 bridgehead atoms. The fourth-order valence-corrected chi connectivity index (χ4v) is 5.81. The van der Waals surface area contributed by atoms with Crippen LogP contribution in [0.4, 0.5) is 5.69 Å². The second-order valence-electron chi connectivity index (χ2n) is 9.27. The van der Waals surface area contributed by atoms with Crippen LogP contribution in [-0.4, -0.2) is 20.8 Å². The van der Waals surface area contributed by atoms with E-state index in [-0.39, 0.29) is 18.2 Å². The van der Waals surface area contributed by atoms with Crippen LogP contribution in [0.15, 0.2) is 83.5 Å². The summed E-state index contributed by atoms with van der Waals surface area (Å²) in [5.74, 6) is 0.844. The number of nitrogens with one attached hydrogen (secondary N) is 1. The molecule has 1 aliphatic heterocycles. The van der Waals surface area contributed by atoms with Gasteiger partial charge in [-0.1, -0.05) is 18.2 Å². The standard InChI is InChI=1S/C29H29BrN4OS/c1-18(2)35-22-14-12-21(13-15-22)34-28(27(32-29(34)36)25-10-7-8-16-31-25)23-17-19(3)33(20(23)4)26-11-6-5-9-24(26)30/h5-18,27-28H,1-4H3,(H,32,36). The molecule has 184 valence electrons. The van der Waals surface area contributed by atoms with Gasteiger partial charge in [0.25, 0.3) is 0 Å². The summed E-state index contributed by atoms with van der Waals surface area (Å²) in [6.45, 7) is 8.38. The molecule has 0 aliphatic carbocycles. The fourth-order valence-electron chi connectivity index (χ4n) is 5.00. The molecule has 5 rings (SSSR count). The Balaban J connectivity index is 1.64. The third-order valence-corrected chi connectivity index (χ3v) is 7.45. The molecule has 3 heterocycles. The molecule has 1 fully saturated rings. The molecule has 0 spiro atoms. The number of thiocarbonyl (C=S) groups is 1. The molecule has 36 heavy (non-hydrogen) atoms. The molecular weight excluding hydrogens is 532 g/mol. The smallest absolute Gasteiger partial charge is 0.174 e. The summed E-state index contributed by atoms with van der Waals surface area (Å²) >= 11 is 9.66. The SMILES string of the molecule is Cc1cc(C2C(c3ccccn3)NC(=S)N2c2ccc(OC(C)C)cc2)c(C)n1-c1ccccc1Br. The quantitative estimate of drug-likeness (QED) is 0.252. The number of aromatic nitrogens is 2. The number of para-hydroxylation sites is 1. The molecule has 1 N–H and O–H groups in total. The number of halogens is 1. The van der Waals surface area contributed by atoms with Crippen LogP contribution in [0.25, 0.3) is 5.69 Å². The minimum Gasteiger partial charge on any atom is -0.491 e. The van der Waals surface area contributed by atoms with E-state index in [0.29, 0.717) is 5.11 Å². The van der Waals surface area contributed by atoms with Crippen molar-refractivity contribution in [3.8, 4) is 11.4 Å². The number of rotatable bonds is 6. The minimum atomic E-state index is -0.0987. The average molecular weight is 562 g/mol. The highest BCUT2D eigenvalue weighted by atomic mass is 79.9. The lowest BCUT2D eigenvalue weighted by Crippen LogP contribution is -2.29. The first-order chi connectivity index (χ1) is 17.3. The van der Waals surface area contributed by atoms with Gasteiger partial charge in [-0.15, -0.1) is 0 Å². The van der Waals surface area contributed by atoms with Gasteiger partial charge in [-0.05, 0) is 116 Å². The van der Waals surface area contributed by atoms with E-state index in [2.05, 4.69) is 87.0 Å². The van der Waals surface area contributed by atoms with Gasteiger partial charge in [-0.3, -0.25) is 4.98 Å². The summed E-state index contributed by atoms with van der Waals surface area (Å²) < 4.78 is 9.23. The lowest BCUT2D eigenvalue weighted by molar-refractivity contribution is 0.242. The summed E-state index contributed by atoms with van der Waals surface area (Å²) in [4.78, 5) is 6.90. The molecule has 4 aromatic rings. The molecule has 5 nitrogen and oxygen atoms in total. The van der Waals surface area contributed by atoms with E-state index in [4.69, 9.17) is 21.9 Å². The molecule has 1 aliphatic rings. The number of hydrogen-bond donors (Lipinski definition) is 1. The van der Waals surface area contributed by atoms with Gasteiger partial charge in [0.05, 0.1) is 29.6 Å². The van der Waals surface area contributed by atoms with Gasteiger partial charge in [0.1, 0.15) is 5.75 Å². The van der Waals surface area contributed by atoms with Gasteiger partial charge in [-0.25, -0.2) is 0 Å². The fraction of sp³-hybridized carbons (Fsp3) is 0.241. The van der Waals surface area contributed by atoms with Crippen molar-refractivity contribution in [1.82, 2.24) is 14.9 Å². The van der Waals surface area contributed by atoms with E-state index in [1.165, 1.54) is 11.3 Å². The van der Waals surface area contributed by atoms with Crippen LogP contribution in [0, 0.1) is 13.8 Å². The zero-order valence-electron chi connectivity index (χ0n) is 20.8. The Morgan fingerprint density at radius 3 is 2.39 bits per heavy atom. The van der Waals surface area contributed by atoms with Gasteiger partial charge in [0, 0.05) is 27.7 Å². The second kappa shape index (κ2) is 10.1. The normalized spacial score (nSPS) is 17.5. The van der Waals surface area contributed by atoms with E-state index < -0.39 is 0 Å². The Labute approximate surface area is 226 Å². The van der Waals surface area contributed by atoms with Crippen LogP contribution in [-0.2, 0) is 0 Å². The van der Waals surface area contributed by atoms with E-state index in [0.717, 1.165) is 33.0 Å². The molecule has 0 radical (unpaired) electrons. The summed E-state index contributed by atoms with van der Waals surface area (Å²) in [5.41, 5.74) is 6.61. The van der Waals surface area contributed by atoms with Crippen LogP contribution >= 0.6 is 28.1 Å². The second-order valence-corrected chi connectivity index (χ2v) is 10.5. The topological polar surface area (TPSA) is 42.3 Å². The predicted octanol–water partition coefficient (Wildman–Crippen LogP) is 7.22. The summed E-state index contributed by atoms with van der Waals surface area (Å²) in [7, 11) is 0. The first-order valence-electron chi connectivity index (χ1n) is 12.1. The Morgan fingerprint density at radius 2 is 1.72 bits per heavy atom. The first kappa shape index (κ1) is 24.5. The van der Waals surface area contributed by atoms with Crippen molar-refractivity contribution >= 4 is 38.9 Å². The van der Waals surface area contributed by atoms with Crippen molar-refractivity contribution < 1.29 is 4.74 Å². The number of pyridine rings is 1. The third kappa shape index (κ3) is 4.53. The molecule has 2 aromatic carbocycles. The van der Waals surface area contributed by atoms with Crippen LogP contribution < -0.4 is 15.0 Å². The summed E-state index contributed by atoms with van der Waals surface area (Å²) in [5, 5.41) is 4.25. The average Bonchev–Trinajstić information content (AvgIpc) is 3.35. The van der Waals surface area contributed by atoms with E-state index in [1.807, 2.05) is 50.4 Å². The van der Waals surface area contributed by atoms with Crippen molar-refractivity contribution in [3.63, 3.8) is 0 Å². The Kier molecular flexibility index (Phi) is 6.86. The minimum absolute atomic E-state index is 0.0771. The molecule has 0 saturated carbocycles. The largest absolute Gasteiger partial charge is 0.491 e. The Morgan fingerprint density at radius 1 is 1.00 bits per heavy atom.